The zero-order chi connectivity index (χ0) is 21.9. The van der Waals surface area contributed by atoms with Gasteiger partial charge in [0.15, 0.2) is 11.5 Å². The lowest BCUT2D eigenvalue weighted by Gasteiger charge is -2.21. The molecule has 1 atom stereocenters. The number of rotatable bonds is 13. The predicted octanol–water partition coefficient (Wildman–Crippen LogP) is 3.23. The highest BCUT2D eigenvalue weighted by Gasteiger charge is 2.12. The van der Waals surface area contributed by atoms with Crippen LogP contribution in [0.5, 0.6) is 17.2 Å². The lowest BCUT2D eigenvalue weighted by Crippen LogP contribution is -2.32. The Hall–Kier alpha value is -3.03. The molecule has 166 valence electrons. The van der Waals surface area contributed by atoms with Crippen LogP contribution in [0.25, 0.3) is 0 Å². The van der Waals surface area contributed by atoms with Gasteiger partial charge in [-0.05, 0) is 49.9 Å². The van der Waals surface area contributed by atoms with Gasteiger partial charge in [0.1, 0.15) is 25.1 Å². The molecule has 1 N–H and O–H groups in total. The van der Waals surface area contributed by atoms with Gasteiger partial charge in [-0.15, -0.1) is 0 Å². The summed E-state index contributed by atoms with van der Waals surface area (Å²) in [5.74, 6) is 2.17. The third-order valence-electron chi connectivity index (χ3n) is 4.63. The van der Waals surface area contributed by atoms with Crippen LogP contribution >= 0.6 is 0 Å². The number of aliphatic hydroxyl groups excluding tert-OH is 1. The van der Waals surface area contributed by atoms with Crippen LogP contribution in [0.15, 0.2) is 67.0 Å². The zero-order valence-electron chi connectivity index (χ0n) is 18.2. The van der Waals surface area contributed by atoms with E-state index in [1.165, 1.54) is 0 Å². The number of aromatic nitrogens is 2. The maximum atomic E-state index is 10.4. The maximum absolute atomic E-state index is 10.4. The minimum atomic E-state index is -0.607. The molecule has 0 fully saturated rings. The van der Waals surface area contributed by atoms with Crippen molar-refractivity contribution >= 4 is 0 Å². The van der Waals surface area contributed by atoms with Gasteiger partial charge in [-0.1, -0.05) is 24.3 Å². The number of benzene rings is 2. The van der Waals surface area contributed by atoms with E-state index < -0.39 is 6.10 Å². The first-order chi connectivity index (χ1) is 15.1. The smallest absolute Gasteiger partial charge is 0.161 e. The van der Waals surface area contributed by atoms with Gasteiger partial charge in [-0.25, -0.2) is 0 Å². The van der Waals surface area contributed by atoms with Crippen molar-refractivity contribution < 1.29 is 19.3 Å². The molecule has 3 aromatic rings. The summed E-state index contributed by atoms with van der Waals surface area (Å²) < 4.78 is 18.9. The first kappa shape index (κ1) is 22.7. The molecule has 0 saturated heterocycles. The molecule has 0 aliphatic heterocycles. The summed E-state index contributed by atoms with van der Waals surface area (Å²) in [4.78, 5) is 2.07. The predicted molar refractivity (Wildman–Crippen MR) is 120 cm³/mol. The van der Waals surface area contributed by atoms with Crippen LogP contribution in [0.4, 0.5) is 0 Å². The van der Waals surface area contributed by atoms with Gasteiger partial charge in [-0.2, -0.15) is 5.10 Å². The van der Waals surface area contributed by atoms with Crippen LogP contribution in [0.3, 0.4) is 0 Å². The van der Waals surface area contributed by atoms with E-state index >= 15 is 0 Å². The summed E-state index contributed by atoms with van der Waals surface area (Å²) >= 11 is 0. The molecule has 0 aliphatic carbocycles. The molecule has 0 unspecified atom stereocenters. The second kappa shape index (κ2) is 12.0. The Balaban J connectivity index is 1.39. The number of ether oxygens (including phenoxy) is 3. The zero-order valence-corrected chi connectivity index (χ0v) is 18.2. The number of hydrogen-bond acceptors (Lipinski definition) is 6. The summed E-state index contributed by atoms with van der Waals surface area (Å²) in [5, 5.41) is 14.5. The Labute approximate surface area is 183 Å². The maximum Gasteiger partial charge on any atom is 0.161 e. The topological polar surface area (TPSA) is 69.0 Å². The van der Waals surface area contributed by atoms with E-state index in [9.17, 15) is 5.11 Å². The summed E-state index contributed by atoms with van der Waals surface area (Å²) in [5.41, 5.74) is 1.15. The van der Waals surface area contributed by atoms with Gasteiger partial charge in [0, 0.05) is 25.5 Å². The van der Waals surface area contributed by atoms with E-state index in [1.807, 2.05) is 79.4 Å². The molecule has 0 aliphatic rings. The van der Waals surface area contributed by atoms with Crippen molar-refractivity contribution in [3.63, 3.8) is 0 Å². The van der Waals surface area contributed by atoms with Crippen LogP contribution in [0.1, 0.15) is 12.5 Å². The normalized spacial score (nSPS) is 12.0. The van der Waals surface area contributed by atoms with Crippen molar-refractivity contribution in [2.24, 2.45) is 0 Å². The van der Waals surface area contributed by atoms with Crippen molar-refractivity contribution in [3.05, 3.63) is 72.6 Å². The van der Waals surface area contributed by atoms with E-state index in [0.29, 0.717) is 37.8 Å². The fourth-order valence-electron chi connectivity index (χ4n) is 3.20. The van der Waals surface area contributed by atoms with Crippen LogP contribution in [0, 0.1) is 0 Å². The molecule has 31 heavy (non-hydrogen) atoms. The molecular weight excluding hydrogens is 394 g/mol. The lowest BCUT2D eigenvalue weighted by molar-refractivity contribution is 0.0730. The molecular formula is C24H31N3O4. The molecule has 0 radical (unpaired) electrons. The summed E-state index contributed by atoms with van der Waals surface area (Å²) in [7, 11) is 1.98. The van der Waals surface area contributed by atoms with Gasteiger partial charge in [-0.3, -0.25) is 9.58 Å². The Morgan fingerprint density at radius 2 is 1.74 bits per heavy atom. The Morgan fingerprint density at radius 3 is 2.42 bits per heavy atom. The number of aliphatic hydroxyl groups is 1. The fraction of sp³-hybridized carbons (Fsp3) is 0.375. The van der Waals surface area contributed by atoms with Crippen molar-refractivity contribution in [3.8, 4) is 17.2 Å². The second-order valence-electron chi connectivity index (χ2n) is 7.30. The number of para-hydroxylation sites is 2. The van der Waals surface area contributed by atoms with Crippen LogP contribution in [-0.4, -0.2) is 59.3 Å². The summed E-state index contributed by atoms with van der Waals surface area (Å²) in [6.07, 6.45) is 3.07. The molecule has 0 amide bonds. The average molecular weight is 426 g/mol. The Kier molecular flexibility index (Phi) is 8.75. The first-order valence-corrected chi connectivity index (χ1v) is 10.5. The Bertz CT molecular complexity index is 884. The van der Waals surface area contributed by atoms with Crippen molar-refractivity contribution in [2.75, 3.05) is 33.4 Å². The number of hydrogen-bond donors (Lipinski definition) is 1. The van der Waals surface area contributed by atoms with Crippen molar-refractivity contribution in [2.45, 2.75) is 26.1 Å². The van der Waals surface area contributed by atoms with Gasteiger partial charge in [0.25, 0.3) is 0 Å². The van der Waals surface area contributed by atoms with E-state index in [4.69, 9.17) is 14.2 Å². The van der Waals surface area contributed by atoms with Crippen LogP contribution in [-0.2, 0) is 13.1 Å². The molecule has 0 saturated carbocycles. The Morgan fingerprint density at radius 1 is 1.00 bits per heavy atom. The molecule has 7 heteroatoms. The summed E-state index contributed by atoms with van der Waals surface area (Å²) in [6.45, 7) is 5.21. The van der Waals surface area contributed by atoms with Crippen molar-refractivity contribution in [1.82, 2.24) is 14.7 Å². The van der Waals surface area contributed by atoms with Gasteiger partial charge < -0.3 is 19.3 Å². The third kappa shape index (κ3) is 7.62. The van der Waals surface area contributed by atoms with E-state index in [1.54, 1.807) is 6.20 Å². The van der Waals surface area contributed by atoms with Crippen LogP contribution < -0.4 is 14.2 Å². The van der Waals surface area contributed by atoms with E-state index in [-0.39, 0.29) is 6.61 Å². The standard InChI is InChI=1S/C24H31N3O4/c1-3-29-23-7-4-5-8-24(23)31-19-21(28)18-26(2)17-20-9-11-22(12-10-20)30-16-15-27-14-6-13-25-27/h4-14,21,28H,3,15-19H2,1-2H3/t21-/m1/s1. The lowest BCUT2D eigenvalue weighted by atomic mass is 10.2. The monoisotopic (exact) mass is 425 g/mol. The van der Waals surface area contributed by atoms with E-state index in [2.05, 4.69) is 10.00 Å². The number of likely N-dealkylation sites (N-methyl/N-ethyl adjacent to an activating group) is 1. The van der Waals surface area contributed by atoms with Crippen molar-refractivity contribution in [1.29, 1.82) is 0 Å². The molecule has 7 nitrogen and oxygen atoms in total. The molecule has 1 heterocycles. The van der Waals surface area contributed by atoms with Gasteiger partial charge in [0.05, 0.1) is 13.2 Å². The highest BCUT2D eigenvalue weighted by Crippen LogP contribution is 2.26. The van der Waals surface area contributed by atoms with E-state index in [0.717, 1.165) is 17.9 Å². The molecule has 0 spiro atoms. The quantitative estimate of drug-likeness (QED) is 0.453. The van der Waals surface area contributed by atoms with Gasteiger partial charge >= 0.3 is 0 Å². The first-order valence-electron chi connectivity index (χ1n) is 10.5. The average Bonchev–Trinajstić information content (AvgIpc) is 3.28. The van der Waals surface area contributed by atoms with Crippen LogP contribution in [0.2, 0.25) is 0 Å². The highest BCUT2D eigenvalue weighted by atomic mass is 16.5. The second-order valence-corrected chi connectivity index (χ2v) is 7.30. The third-order valence-corrected chi connectivity index (χ3v) is 4.63. The molecule has 0 bridgehead atoms. The molecule has 2 aromatic carbocycles. The largest absolute Gasteiger partial charge is 0.492 e. The fourth-order valence-corrected chi connectivity index (χ4v) is 3.20. The molecule has 1 aromatic heterocycles. The SMILES string of the molecule is CCOc1ccccc1OC[C@H](O)CN(C)Cc1ccc(OCCn2cccn2)cc1. The number of nitrogens with zero attached hydrogens (tertiary/aromatic N) is 3. The minimum Gasteiger partial charge on any atom is -0.492 e. The minimum absolute atomic E-state index is 0.206. The molecule has 3 rings (SSSR count). The highest BCUT2D eigenvalue weighted by molar-refractivity contribution is 5.39. The summed E-state index contributed by atoms with van der Waals surface area (Å²) in [6, 6.07) is 17.4. The van der Waals surface area contributed by atoms with Gasteiger partial charge in [0.2, 0.25) is 0 Å².